The molecule has 92 valence electrons. The smallest absolute Gasteiger partial charge is 0.227 e. The van der Waals surface area contributed by atoms with Gasteiger partial charge in [-0.05, 0) is 23.8 Å². The second-order valence-electron chi connectivity index (χ2n) is 3.57. The van der Waals surface area contributed by atoms with E-state index in [0.29, 0.717) is 10.8 Å². The Bertz CT molecular complexity index is 629. The normalized spacial score (nSPS) is 10.8. The molecule has 0 fully saturated rings. The second-order valence-corrected chi connectivity index (χ2v) is 3.98. The molecule has 0 unspecified atom stereocenters. The van der Waals surface area contributed by atoms with Crippen LogP contribution in [-0.2, 0) is 0 Å². The van der Waals surface area contributed by atoms with Gasteiger partial charge in [0.15, 0.2) is 0 Å². The first-order valence-corrected chi connectivity index (χ1v) is 5.68. The lowest BCUT2D eigenvalue weighted by Gasteiger charge is -1.98. The molecule has 0 atom stereocenters. The van der Waals surface area contributed by atoms with Crippen molar-refractivity contribution in [3.05, 3.63) is 63.2 Å². The number of rotatable bonds is 3. The second kappa shape index (κ2) is 5.56. The maximum Gasteiger partial charge on any atom is 0.227 e. The van der Waals surface area contributed by atoms with Crippen molar-refractivity contribution < 1.29 is 9.15 Å². The van der Waals surface area contributed by atoms with Gasteiger partial charge in [0.25, 0.3) is 0 Å². The molecule has 18 heavy (non-hydrogen) atoms. The van der Waals surface area contributed by atoms with Gasteiger partial charge in [-0.15, -0.1) is 0 Å². The monoisotopic (exact) mass is 262 g/mol. The van der Waals surface area contributed by atoms with Crippen molar-refractivity contribution in [2.45, 2.75) is 0 Å². The van der Waals surface area contributed by atoms with Crippen LogP contribution in [0.15, 0.2) is 45.8 Å². The number of benzene rings is 1. The highest BCUT2D eigenvalue weighted by molar-refractivity contribution is 6.32. The van der Waals surface area contributed by atoms with Crippen LogP contribution in [0.4, 0.5) is 0 Å². The summed E-state index contributed by atoms with van der Waals surface area (Å²) in [4.78, 5) is 11.5. The Morgan fingerprint density at radius 1 is 1.28 bits per heavy atom. The molecule has 0 amide bonds. The van der Waals surface area contributed by atoms with Gasteiger partial charge in [0, 0.05) is 11.1 Å². The quantitative estimate of drug-likeness (QED) is 0.850. The molecule has 1 heterocycles. The van der Waals surface area contributed by atoms with Crippen molar-refractivity contribution in [2.75, 3.05) is 7.11 Å². The van der Waals surface area contributed by atoms with Crippen molar-refractivity contribution in [2.24, 2.45) is 0 Å². The van der Waals surface area contributed by atoms with E-state index in [1.54, 1.807) is 18.2 Å². The minimum atomic E-state index is -0.220. The highest BCUT2D eigenvalue weighted by Crippen LogP contribution is 2.17. The molecule has 0 saturated heterocycles. The van der Waals surface area contributed by atoms with Gasteiger partial charge in [-0.2, -0.15) is 0 Å². The molecular weight excluding hydrogens is 252 g/mol. The van der Waals surface area contributed by atoms with Crippen LogP contribution in [0.25, 0.3) is 12.2 Å². The molecule has 2 rings (SSSR count). The maximum atomic E-state index is 11.5. The molecule has 1 aromatic carbocycles. The zero-order chi connectivity index (χ0) is 13.0. The standard InChI is InChI=1S/C14H11ClO3/c1-17-14-9-18-11(8-13(14)16)7-6-10-4-2-3-5-12(10)15/h2-9H,1H3/b7-6+. The summed E-state index contributed by atoms with van der Waals surface area (Å²) in [6.07, 6.45) is 4.75. The fourth-order valence-electron chi connectivity index (χ4n) is 1.43. The summed E-state index contributed by atoms with van der Waals surface area (Å²) in [5, 5.41) is 0.643. The van der Waals surface area contributed by atoms with Crippen LogP contribution in [0.5, 0.6) is 5.75 Å². The van der Waals surface area contributed by atoms with Crippen LogP contribution >= 0.6 is 11.6 Å². The third-order valence-corrected chi connectivity index (χ3v) is 2.71. The summed E-state index contributed by atoms with van der Waals surface area (Å²) >= 11 is 6.01. The van der Waals surface area contributed by atoms with E-state index in [4.69, 9.17) is 20.8 Å². The van der Waals surface area contributed by atoms with E-state index in [1.807, 2.05) is 18.2 Å². The van der Waals surface area contributed by atoms with Gasteiger partial charge in [-0.25, -0.2) is 0 Å². The number of hydrogen-bond donors (Lipinski definition) is 0. The molecular formula is C14H11ClO3. The Kier molecular flexibility index (Phi) is 3.85. The summed E-state index contributed by atoms with van der Waals surface area (Å²) in [6.45, 7) is 0. The lowest BCUT2D eigenvalue weighted by atomic mass is 10.2. The molecule has 1 aromatic heterocycles. The molecule has 0 aliphatic carbocycles. The largest absolute Gasteiger partial charge is 0.490 e. The van der Waals surface area contributed by atoms with Gasteiger partial charge in [-0.1, -0.05) is 29.8 Å². The Morgan fingerprint density at radius 2 is 2.06 bits per heavy atom. The van der Waals surface area contributed by atoms with Crippen molar-refractivity contribution in [1.82, 2.24) is 0 Å². The Morgan fingerprint density at radius 3 is 2.72 bits per heavy atom. The third-order valence-electron chi connectivity index (χ3n) is 2.37. The number of hydrogen-bond acceptors (Lipinski definition) is 3. The van der Waals surface area contributed by atoms with Crippen LogP contribution in [0.1, 0.15) is 11.3 Å². The van der Waals surface area contributed by atoms with Crippen molar-refractivity contribution in [3.63, 3.8) is 0 Å². The summed E-state index contributed by atoms with van der Waals surface area (Å²) < 4.78 is 10.1. The van der Waals surface area contributed by atoms with E-state index in [-0.39, 0.29) is 11.2 Å². The molecule has 0 aliphatic rings. The summed E-state index contributed by atoms with van der Waals surface area (Å²) in [5.41, 5.74) is 0.639. The Balaban J connectivity index is 2.27. The molecule has 2 aromatic rings. The first kappa shape index (κ1) is 12.5. The zero-order valence-electron chi connectivity index (χ0n) is 9.72. The van der Waals surface area contributed by atoms with Crippen molar-refractivity contribution in [3.8, 4) is 5.75 Å². The lowest BCUT2D eigenvalue weighted by Crippen LogP contribution is -2.03. The SMILES string of the molecule is COc1coc(/C=C/c2ccccc2Cl)cc1=O. The van der Waals surface area contributed by atoms with Crippen LogP contribution in [0, 0.1) is 0 Å². The van der Waals surface area contributed by atoms with E-state index in [2.05, 4.69) is 0 Å². The minimum Gasteiger partial charge on any atom is -0.490 e. The first-order chi connectivity index (χ1) is 8.70. The molecule has 0 radical (unpaired) electrons. The third kappa shape index (κ3) is 2.81. The van der Waals surface area contributed by atoms with Gasteiger partial charge >= 0.3 is 0 Å². The minimum absolute atomic E-state index is 0.185. The first-order valence-electron chi connectivity index (χ1n) is 5.30. The van der Waals surface area contributed by atoms with Gasteiger partial charge in [-0.3, -0.25) is 4.79 Å². The van der Waals surface area contributed by atoms with Crippen molar-refractivity contribution >= 4 is 23.8 Å². The van der Waals surface area contributed by atoms with Crippen LogP contribution in [-0.4, -0.2) is 7.11 Å². The van der Waals surface area contributed by atoms with E-state index >= 15 is 0 Å². The van der Waals surface area contributed by atoms with Gasteiger partial charge < -0.3 is 9.15 Å². The predicted molar refractivity (Wildman–Crippen MR) is 71.9 cm³/mol. The Labute approximate surface area is 109 Å². The average molecular weight is 263 g/mol. The fraction of sp³-hybridized carbons (Fsp3) is 0.0714. The van der Waals surface area contributed by atoms with Gasteiger partial charge in [0.05, 0.1) is 7.11 Å². The number of halogens is 1. The van der Waals surface area contributed by atoms with E-state index in [0.717, 1.165) is 5.56 Å². The summed E-state index contributed by atoms with van der Waals surface area (Å²) in [5.74, 6) is 0.630. The van der Waals surface area contributed by atoms with Crippen LogP contribution < -0.4 is 10.2 Å². The molecule has 0 bridgehead atoms. The highest BCUT2D eigenvalue weighted by Gasteiger charge is 2.01. The zero-order valence-corrected chi connectivity index (χ0v) is 10.5. The topological polar surface area (TPSA) is 39.4 Å². The summed E-state index contributed by atoms with van der Waals surface area (Å²) in [6, 6.07) is 8.78. The van der Waals surface area contributed by atoms with Crippen LogP contribution in [0.3, 0.4) is 0 Å². The maximum absolute atomic E-state index is 11.5. The predicted octanol–water partition coefficient (Wildman–Crippen LogP) is 3.47. The van der Waals surface area contributed by atoms with Crippen molar-refractivity contribution in [1.29, 1.82) is 0 Å². The number of ether oxygens (including phenoxy) is 1. The fourth-order valence-corrected chi connectivity index (χ4v) is 1.63. The highest BCUT2D eigenvalue weighted by atomic mass is 35.5. The molecule has 4 heteroatoms. The van der Waals surface area contributed by atoms with Gasteiger partial charge in [0.1, 0.15) is 12.0 Å². The number of methoxy groups -OCH3 is 1. The molecule has 0 spiro atoms. The molecule has 3 nitrogen and oxygen atoms in total. The summed E-state index contributed by atoms with van der Waals surface area (Å²) in [7, 11) is 1.42. The van der Waals surface area contributed by atoms with Crippen LogP contribution in [0.2, 0.25) is 5.02 Å². The molecule has 0 aliphatic heterocycles. The van der Waals surface area contributed by atoms with E-state index in [1.165, 1.54) is 19.4 Å². The van der Waals surface area contributed by atoms with E-state index < -0.39 is 0 Å². The molecule has 0 N–H and O–H groups in total. The average Bonchev–Trinajstić information content (AvgIpc) is 2.38. The lowest BCUT2D eigenvalue weighted by molar-refractivity contribution is 0.385. The van der Waals surface area contributed by atoms with Gasteiger partial charge in [0.2, 0.25) is 11.2 Å². The Hall–Kier alpha value is -2.00. The molecule has 0 saturated carbocycles. The van der Waals surface area contributed by atoms with E-state index in [9.17, 15) is 4.79 Å².